The van der Waals surface area contributed by atoms with Crippen LogP contribution in [0.1, 0.15) is 40.5 Å². The summed E-state index contributed by atoms with van der Waals surface area (Å²) in [6.45, 7) is 6.25. The van der Waals surface area contributed by atoms with Gasteiger partial charge in [-0.15, -0.1) is 0 Å². The van der Waals surface area contributed by atoms with E-state index in [-0.39, 0.29) is 48.6 Å². The minimum atomic E-state index is -0.465. The van der Waals surface area contributed by atoms with Crippen molar-refractivity contribution in [2.45, 2.75) is 32.9 Å². The molecule has 2 aromatic carbocycles. The molecular weight excluding hydrogens is 542 g/mol. The van der Waals surface area contributed by atoms with Crippen LogP contribution in [0.5, 0.6) is 11.5 Å². The number of nitrogens with zero attached hydrogens (tertiary/aromatic N) is 3. The fourth-order valence-electron chi connectivity index (χ4n) is 4.74. The first kappa shape index (κ1) is 30.4. The molecule has 0 fully saturated rings. The molecule has 1 aromatic heterocycles. The molecule has 4 rings (SSSR count). The first-order valence-electron chi connectivity index (χ1n) is 13.6. The highest BCUT2D eigenvalue weighted by Gasteiger charge is 2.31. The van der Waals surface area contributed by atoms with Crippen LogP contribution in [-0.2, 0) is 4.74 Å². The minimum absolute atomic E-state index is 0.0770. The van der Waals surface area contributed by atoms with Crippen molar-refractivity contribution in [3.05, 3.63) is 65.5 Å². The predicted molar refractivity (Wildman–Crippen MR) is 156 cm³/mol. The van der Waals surface area contributed by atoms with Gasteiger partial charge in [0.15, 0.2) is 5.69 Å². The molecule has 0 saturated carbocycles. The molecule has 3 aromatic rings. The molecular formula is C30H37N5O7. The van der Waals surface area contributed by atoms with E-state index >= 15 is 0 Å². The number of carbonyl (C=O) groups is 3. The first-order valence-corrected chi connectivity index (χ1v) is 13.6. The summed E-state index contributed by atoms with van der Waals surface area (Å²) in [7, 11) is 4.83. The Balaban J connectivity index is 1.63. The van der Waals surface area contributed by atoms with Crippen molar-refractivity contribution < 1.29 is 33.1 Å². The number of methoxy groups -OCH3 is 2. The molecule has 224 valence electrons. The van der Waals surface area contributed by atoms with Gasteiger partial charge >= 0.3 is 6.03 Å². The summed E-state index contributed by atoms with van der Waals surface area (Å²) >= 11 is 0. The van der Waals surface area contributed by atoms with Crippen LogP contribution in [0.4, 0.5) is 16.2 Å². The summed E-state index contributed by atoms with van der Waals surface area (Å²) < 4.78 is 22.3. The maximum absolute atomic E-state index is 13.6. The zero-order chi connectivity index (χ0) is 30.4. The highest BCUT2D eigenvalue weighted by molar-refractivity contribution is 6.04. The molecule has 1 aliphatic rings. The number of rotatable bonds is 5. The zero-order valence-electron chi connectivity index (χ0n) is 24.7. The van der Waals surface area contributed by atoms with E-state index < -0.39 is 11.9 Å². The Kier molecular flexibility index (Phi) is 9.68. The summed E-state index contributed by atoms with van der Waals surface area (Å²) in [6, 6.07) is 12.8. The van der Waals surface area contributed by atoms with Gasteiger partial charge in [0.2, 0.25) is 0 Å². The Hall–Kier alpha value is -4.58. The van der Waals surface area contributed by atoms with Crippen molar-refractivity contribution >= 4 is 29.2 Å². The van der Waals surface area contributed by atoms with E-state index in [2.05, 4.69) is 15.8 Å². The molecule has 0 spiro atoms. The molecule has 42 heavy (non-hydrogen) atoms. The van der Waals surface area contributed by atoms with E-state index in [1.54, 1.807) is 68.3 Å². The number of ether oxygens (including phenoxy) is 3. The molecule has 4 amide bonds. The summed E-state index contributed by atoms with van der Waals surface area (Å²) in [4.78, 5) is 43.0. The number of benzene rings is 2. The van der Waals surface area contributed by atoms with Crippen LogP contribution in [-0.4, -0.2) is 85.9 Å². The standard InChI is InChI=1S/C30H37N5O7/c1-18-15-35(30(38)32-23-9-7-8-10-25(23)39-5)19(2)17-41-26-14-21(31-28(36)24-13-20(3)42-33-24)11-12-22(26)29(37)34(4)16-27(18)40-6/h7-14,18-19,27H,15-17H2,1-6H3,(H,31,36)(H,32,38)/t18-,19-,27-/m1/s1. The lowest BCUT2D eigenvalue weighted by Crippen LogP contribution is -2.50. The van der Waals surface area contributed by atoms with Gasteiger partial charge in [-0.05, 0) is 38.1 Å². The van der Waals surface area contributed by atoms with Gasteiger partial charge in [-0.3, -0.25) is 9.59 Å². The number of anilines is 2. The van der Waals surface area contributed by atoms with E-state index in [9.17, 15) is 14.4 Å². The molecule has 0 unspecified atom stereocenters. The number of fused-ring (bicyclic) bond motifs is 1. The quantitative estimate of drug-likeness (QED) is 0.457. The van der Waals surface area contributed by atoms with E-state index in [1.165, 1.54) is 6.07 Å². The Morgan fingerprint density at radius 1 is 1.05 bits per heavy atom. The van der Waals surface area contributed by atoms with Crippen molar-refractivity contribution in [3.8, 4) is 11.5 Å². The molecule has 0 aliphatic carbocycles. The topological polar surface area (TPSA) is 135 Å². The van der Waals surface area contributed by atoms with Crippen LogP contribution in [0.15, 0.2) is 53.1 Å². The molecule has 2 N–H and O–H groups in total. The van der Waals surface area contributed by atoms with Crippen LogP contribution in [0.2, 0.25) is 0 Å². The van der Waals surface area contributed by atoms with Gasteiger partial charge in [0.1, 0.15) is 23.9 Å². The van der Waals surface area contributed by atoms with Crippen LogP contribution in [0, 0.1) is 12.8 Å². The Morgan fingerprint density at radius 2 is 1.81 bits per heavy atom. The third-order valence-corrected chi connectivity index (χ3v) is 7.17. The number of amides is 4. The maximum atomic E-state index is 13.6. The number of urea groups is 1. The molecule has 0 bridgehead atoms. The van der Waals surface area contributed by atoms with Crippen LogP contribution in [0.25, 0.3) is 0 Å². The van der Waals surface area contributed by atoms with Gasteiger partial charge < -0.3 is 39.2 Å². The van der Waals surface area contributed by atoms with Crippen LogP contribution < -0.4 is 20.1 Å². The fraction of sp³-hybridized carbons (Fsp3) is 0.400. The predicted octanol–water partition coefficient (Wildman–Crippen LogP) is 4.28. The normalized spacial score (nSPS) is 19.6. The van der Waals surface area contributed by atoms with E-state index in [1.807, 2.05) is 26.0 Å². The summed E-state index contributed by atoms with van der Waals surface area (Å²) in [6.07, 6.45) is -0.346. The molecule has 12 heteroatoms. The highest BCUT2D eigenvalue weighted by atomic mass is 16.5. The molecule has 12 nitrogen and oxygen atoms in total. The number of hydrogen-bond donors (Lipinski definition) is 2. The average Bonchev–Trinajstić information content (AvgIpc) is 3.43. The number of hydrogen-bond acceptors (Lipinski definition) is 8. The van der Waals surface area contributed by atoms with Crippen molar-refractivity contribution in [2.75, 3.05) is 51.6 Å². The van der Waals surface area contributed by atoms with Gasteiger partial charge in [0.05, 0.1) is 30.5 Å². The summed E-state index contributed by atoms with van der Waals surface area (Å²) in [5.74, 6) is 0.465. The monoisotopic (exact) mass is 579 g/mol. The van der Waals surface area contributed by atoms with Gasteiger partial charge in [0, 0.05) is 51.0 Å². The lowest BCUT2D eigenvalue weighted by atomic mass is 10.0. The number of aryl methyl sites for hydroxylation is 1. The van der Waals surface area contributed by atoms with Gasteiger partial charge in [-0.2, -0.15) is 0 Å². The van der Waals surface area contributed by atoms with Crippen molar-refractivity contribution in [2.24, 2.45) is 5.92 Å². The van der Waals surface area contributed by atoms with Gasteiger partial charge in [-0.25, -0.2) is 4.79 Å². The van der Waals surface area contributed by atoms with Crippen molar-refractivity contribution in [3.63, 3.8) is 0 Å². The molecule has 0 radical (unpaired) electrons. The second kappa shape index (κ2) is 13.4. The van der Waals surface area contributed by atoms with Gasteiger partial charge in [-0.1, -0.05) is 24.2 Å². The molecule has 0 saturated heterocycles. The number of likely N-dealkylation sites (N-methyl/N-ethyl adjacent to an activating group) is 1. The number of aromatic nitrogens is 1. The molecule has 2 heterocycles. The average molecular weight is 580 g/mol. The second-order valence-corrected chi connectivity index (χ2v) is 10.4. The Labute approximate surface area is 244 Å². The third kappa shape index (κ3) is 7.00. The van der Waals surface area contributed by atoms with Crippen molar-refractivity contribution in [1.82, 2.24) is 15.0 Å². The second-order valence-electron chi connectivity index (χ2n) is 10.4. The largest absolute Gasteiger partial charge is 0.495 e. The van der Waals surface area contributed by atoms with E-state index in [0.29, 0.717) is 35.0 Å². The number of para-hydroxylation sites is 2. The summed E-state index contributed by atoms with van der Waals surface area (Å²) in [5.41, 5.74) is 1.39. The smallest absolute Gasteiger partial charge is 0.322 e. The van der Waals surface area contributed by atoms with Crippen molar-refractivity contribution in [1.29, 1.82) is 0 Å². The van der Waals surface area contributed by atoms with Gasteiger partial charge in [0.25, 0.3) is 11.8 Å². The molecule has 3 atom stereocenters. The zero-order valence-corrected chi connectivity index (χ0v) is 24.7. The number of carbonyl (C=O) groups excluding carboxylic acids is 3. The minimum Gasteiger partial charge on any atom is -0.495 e. The number of nitrogens with one attached hydrogen (secondary N) is 2. The first-order chi connectivity index (χ1) is 20.1. The van der Waals surface area contributed by atoms with E-state index in [4.69, 9.17) is 18.7 Å². The Morgan fingerprint density at radius 3 is 2.50 bits per heavy atom. The SMILES string of the molecule is COc1ccccc1NC(=O)N1C[C@@H](C)[C@H](OC)CN(C)C(=O)c2ccc(NC(=O)c3cc(C)on3)cc2OC[C@H]1C. The van der Waals surface area contributed by atoms with Crippen LogP contribution >= 0.6 is 0 Å². The Bertz CT molecular complexity index is 1420. The lowest BCUT2D eigenvalue weighted by molar-refractivity contribution is 0.0174. The van der Waals surface area contributed by atoms with Crippen LogP contribution in [0.3, 0.4) is 0 Å². The highest BCUT2D eigenvalue weighted by Crippen LogP contribution is 2.28. The molecule has 1 aliphatic heterocycles. The third-order valence-electron chi connectivity index (χ3n) is 7.17. The maximum Gasteiger partial charge on any atom is 0.322 e. The fourth-order valence-corrected chi connectivity index (χ4v) is 4.74. The summed E-state index contributed by atoms with van der Waals surface area (Å²) in [5, 5.41) is 9.46. The van der Waals surface area contributed by atoms with E-state index in [0.717, 1.165) is 0 Å². The lowest BCUT2D eigenvalue weighted by Gasteiger charge is -2.36.